The number of rotatable bonds is 6. The molecule has 0 spiro atoms. The molecule has 0 saturated heterocycles. The van der Waals surface area contributed by atoms with E-state index < -0.39 is 5.97 Å². The van der Waals surface area contributed by atoms with Crippen molar-refractivity contribution in [3.8, 4) is 0 Å². The van der Waals surface area contributed by atoms with Gasteiger partial charge in [-0.05, 0) is 31.0 Å². The minimum absolute atomic E-state index is 0.0413. The second-order valence-corrected chi connectivity index (χ2v) is 6.14. The van der Waals surface area contributed by atoms with E-state index in [1.807, 2.05) is 31.2 Å². The summed E-state index contributed by atoms with van der Waals surface area (Å²) in [6.07, 6.45) is 1.07. The first kappa shape index (κ1) is 18.1. The van der Waals surface area contributed by atoms with Crippen LogP contribution in [0.2, 0.25) is 5.02 Å². The van der Waals surface area contributed by atoms with Crippen LogP contribution in [0, 0.1) is 0 Å². The summed E-state index contributed by atoms with van der Waals surface area (Å²) in [5, 5.41) is 9.83. The molecule has 5 nitrogen and oxygen atoms in total. The summed E-state index contributed by atoms with van der Waals surface area (Å²) < 4.78 is 5.43. The Kier molecular flexibility index (Phi) is 5.67. The lowest BCUT2D eigenvalue weighted by Gasteiger charge is -2.24. The average molecular weight is 350 g/mol. The van der Waals surface area contributed by atoms with Crippen molar-refractivity contribution in [3.05, 3.63) is 58.0 Å². The van der Waals surface area contributed by atoms with Crippen LogP contribution >= 0.6 is 11.6 Å². The van der Waals surface area contributed by atoms with E-state index in [1.165, 1.54) is 6.07 Å². The van der Waals surface area contributed by atoms with Crippen molar-refractivity contribution >= 4 is 23.5 Å². The second-order valence-electron chi connectivity index (χ2n) is 5.70. The number of carboxylic acids is 1. The number of carboxylic acid groups (broad SMARTS) is 1. The Morgan fingerprint density at radius 3 is 2.42 bits per heavy atom. The molecule has 0 aliphatic heterocycles. The van der Waals surface area contributed by atoms with Crippen molar-refractivity contribution in [2.45, 2.75) is 32.7 Å². The molecule has 0 radical (unpaired) electrons. The number of halogens is 1. The van der Waals surface area contributed by atoms with Crippen LogP contribution in [0.1, 0.15) is 46.1 Å². The van der Waals surface area contributed by atoms with Gasteiger partial charge in [0.25, 0.3) is 5.91 Å². The first-order chi connectivity index (χ1) is 11.3. The highest BCUT2D eigenvalue weighted by atomic mass is 35.5. The molecule has 1 heterocycles. The molecule has 2 aromatic rings. The Morgan fingerprint density at radius 2 is 1.92 bits per heavy atom. The topological polar surface area (TPSA) is 70.8 Å². The fourth-order valence-corrected chi connectivity index (χ4v) is 2.58. The van der Waals surface area contributed by atoms with Crippen molar-refractivity contribution in [2.24, 2.45) is 0 Å². The summed E-state index contributed by atoms with van der Waals surface area (Å²) in [5.41, 5.74) is 1.10. The molecule has 0 aliphatic carbocycles. The monoisotopic (exact) mass is 349 g/mol. The Hall–Kier alpha value is -2.27. The lowest BCUT2D eigenvalue weighted by Crippen LogP contribution is -2.36. The SMILES string of the molecule is CCc1oc(C(=O)N(C)C(C)Cc2ccc(Cl)cc2)cc1C(=O)O. The summed E-state index contributed by atoms with van der Waals surface area (Å²) in [4.78, 5) is 25.3. The van der Waals surface area contributed by atoms with Crippen LogP contribution in [0.5, 0.6) is 0 Å². The fourth-order valence-electron chi connectivity index (χ4n) is 2.45. The van der Waals surface area contributed by atoms with Gasteiger partial charge in [0.2, 0.25) is 0 Å². The van der Waals surface area contributed by atoms with E-state index in [2.05, 4.69) is 0 Å². The van der Waals surface area contributed by atoms with Gasteiger partial charge in [-0.2, -0.15) is 0 Å². The number of hydrogen-bond donors (Lipinski definition) is 1. The third-order valence-corrected chi connectivity index (χ3v) is 4.25. The largest absolute Gasteiger partial charge is 0.478 e. The van der Waals surface area contributed by atoms with Crippen LogP contribution < -0.4 is 0 Å². The minimum Gasteiger partial charge on any atom is -0.478 e. The molecule has 0 bridgehead atoms. The van der Waals surface area contributed by atoms with Gasteiger partial charge in [0.05, 0.1) is 0 Å². The van der Waals surface area contributed by atoms with Crippen LogP contribution in [0.4, 0.5) is 0 Å². The molecule has 2 rings (SSSR count). The average Bonchev–Trinajstić information content (AvgIpc) is 3.00. The lowest BCUT2D eigenvalue weighted by atomic mass is 10.1. The highest BCUT2D eigenvalue weighted by Gasteiger charge is 2.24. The first-order valence-electron chi connectivity index (χ1n) is 7.71. The molecule has 1 atom stereocenters. The molecule has 1 unspecified atom stereocenters. The van der Waals surface area contributed by atoms with Crippen molar-refractivity contribution in [2.75, 3.05) is 7.05 Å². The number of aryl methyl sites for hydroxylation is 1. The molecule has 1 aromatic heterocycles. The Balaban J connectivity index is 2.13. The number of carbonyl (C=O) groups is 2. The van der Waals surface area contributed by atoms with E-state index in [-0.39, 0.29) is 23.3 Å². The highest BCUT2D eigenvalue weighted by molar-refractivity contribution is 6.30. The number of aromatic carboxylic acids is 1. The second kappa shape index (κ2) is 7.53. The summed E-state index contributed by atoms with van der Waals surface area (Å²) in [6.45, 7) is 3.71. The number of nitrogens with zero attached hydrogens (tertiary/aromatic N) is 1. The molecule has 0 fully saturated rings. The highest BCUT2D eigenvalue weighted by Crippen LogP contribution is 2.19. The predicted molar refractivity (Wildman–Crippen MR) is 91.8 cm³/mol. The van der Waals surface area contributed by atoms with E-state index in [0.29, 0.717) is 23.6 Å². The minimum atomic E-state index is -1.09. The molecule has 6 heteroatoms. The number of amides is 1. The van der Waals surface area contributed by atoms with Gasteiger partial charge in [-0.1, -0.05) is 30.7 Å². The Bertz CT molecular complexity index is 736. The van der Waals surface area contributed by atoms with Gasteiger partial charge in [0, 0.05) is 30.6 Å². The first-order valence-corrected chi connectivity index (χ1v) is 8.08. The van der Waals surface area contributed by atoms with Gasteiger partial charge < -0.3 is 14.4 Å². The molecular formula is C18H20ClNO4. The smallest absolute Gasteiger partial charge is 0.339 e. The van der Waals surface area contributed by atoms with Gasteiger partial charge in [0.1, 0.15) is 11.3 Å². The van der Waals surface area contributed by atoms with Gasteiger partial charge in [0.15, 0.2) is 5.76 Å². The summed E-state index contributed by atoms with van der Waals surface area (Å²) in [5.74, 6) is -1.07. The van der Waals surface area contributed by atoms with Crippen molar-refractivity contribution in [1.29, 1.82) is 0 Å². The number of likely N-dealkylation sites (N-methyl/N-ethyl adjacent to an activating group) is 1. The molecule has 1 aromatic carbocycles. The van der Waals surface area contributed by atoms with E-state index in [0.717, 1.165) is 5.56 Å². The Labute approximate surface area is 145 Å². The summed E-state index contributed by atoms with van der Waals surface area (Å²) in [6, 6.07) is 8.68. The zero-order valence-electron chi connectivity index (χ0n) is 13.9. The van der Waals surface area contributed by atoms with E-state index >= 15 is 0 Å². The molecule has 128 valence electrons. The fraction of sp³-hybridized carbons (Fsp3) is 0.333. The third-order valence-electron chi connectivity index (χ3n) is 4.00. The zero-order valence-corrected chi connectivity index (χ0v) is 14.6. The van der Waals surface area contributed by atoms with Crippen LogP contribution in [-0.2, 0) is 12.8 Å². The number of benzene rings is 1. The van der Waals surface area contributed by atoms with Crippen LogP contribution in [0.25, 0.3) is 0 Å². The Morgan fingerprint density at radius 1 is 1.29 bits per heavy atom. The van der Waals surface area contributed by atoms with Gasteiger partial charge in [-0.3, -0.25) is 4.79 Å². The molecule has 1 N–H and O–H groups in total. The molecule has 0 saturated carbocycles. The zero-order chi connectivity index (χ0) is 17.9. The van der Waals surface area contributed by atoms with Crippen LogP contribution in [-0.4, -0.2) is 35.0 Å². The van der Waals surface area contributed by atoms with Gasteiger partial charge >= 0.3 is 5.97 Å². The maximum atomic E-state index is 12.6. The van der Waals surface area contributed by atoms with Crippen LogP contribution in [0.3, 0.4) is 0 Å². The van der Waals surface area contributed by atoms with E-state index in [4.69, 9.17) is 21.1 Å². The van der Waals surface area contributed by atoms with Crippen molar-refractivity contribution in [1.82, 2.24) is 4.90 Å². The maximum Gasteiger partial charge on any atom is 0.339 e. The van der Waals surface area contributed by atoms with Crippen molar-refractivity contribution in [3.63, 3.8) is 0 Å². The molecular weight excluding hydrogens is 330 g/mol. The quantitative estimate of drug-likeness (QED) is 0.858. The summed E-state index contributed by atoms with van der Waals surface area (Å²) >= 11 is 5.87. The van der Waals surface area contributed by atoms with Crippen LogP contribution in [0.15, 0.2) is 34.7 Å². The predicted octanol–water partition coefficient (Wildman–Crippen LogP) is 3.90. The standard InChI is InChI=1S/C18H20ClNO4/c1-4-15-14(18(22)23)10-16(24-15)17(21)20(3)11(2)9-12-5-7-13(19)8-6-12/h5-8,10-11H,4,9H2,1-3H3,(H,22,23). The molecule has 1 amide bonds. The van der Waals surface area contributed by atoms with E-state index in [1.54, 1.807) is 18.9 Å². The number of hydrogen-bond acceptors (Lipinski definition) is 3. The molecule has 24 heavy (non-hydrogen) atoms. The maximum absolute atomic E-state index is 12.6. The lowest BCUT2D eigenvalue weighted by molar-refractivity contribution is 0.0689. The third kappa shape index (κ3) is 3.97. The number of carbonyl (C=O) groups excluding carboxylic acids is 1. The van der Waals surface area contributed by atoms with Crippen molar-refractivity contribution < 1.29 is 19.1 Å². The van der Waals surface area contributed by atoms with E-state index in [9.17, 15) is 9.59 Å². The van der Waals surface area contributed by atoms with Gasteiger partial charge in [-0.25, -0.2) is 4.79 Å². The number of furan rings is 1. The molecule has 0 aliphatic rings. The normalized spacial score (nSPS) is 12.0. The summed E-state index contributed by atoms with van der Waals surface area (Å²) in [7, 11) is 1.68. The van der Waals surface area contributed by atoms with Gasteiger partial charge in [-0.15, -0.1) is 0 Å².